The van der Waals surface area contributed by atoms with Gasteiger partial charge in [-0.1, -0.05) is 71.7 Å². The quantitative estimate of drug-likeness (QED) is 0.188. The molecule has 8 heteroatoms. The molecule has 0 aliphatic rings. The molecule has 35 heavy (non-hydrogen) atoms. The molecule has 1 atom stereocenters. The highest BCUT2D eigenvalue weighted by molar-refractivity contribution is 7.97. The third-order valence-electron chi connectivity index (χ3n) is 5.36. The van der Waals surface area contributed by atoms with Gasteiger partial charge in [-0.15, -0.1) is 0 Å². The number of hydrogen-bond donors (Lipinski definition) is 2. The van der Waals surface area contributed by atoms with Crippen LogP contribution in [0, 0.1) is 6.92 Å². The number of aryl methyl sites for hydroxylation is 1. The molecule has 4 aromatic rings. The van der Waals surface area contributed by atoms with E-state index < -0.39 is 9.71 Å². The molecule has 0 bridgehead atoms. The Morgan fingerprint density at radius 1 is 0.971 bits per heavy atom. The Morgan fingerprint density at radius 2 is 1.77 bits per heavy atom. The van der Waals surface area contributed by atoms with E-state index in [0.717, 1.165) is 33.4 Å². The lowest BCUT2D eigenvalue weighted by Gasteiger charge is -2.15. The van der Waals surface area contributed by atoms with Crippen molar-refractivity contribution >= 4 is 55.4 Å². The molecule has 2 N–H and O–H groups in total. The summed E-state index contributed by atoms with van der Waals surface area (Å²) in [6.07, 6.45) is 0. The number of rotatable bonds is 10. The minimum atomic E-state index is -2.46. The molecule has 0 radical (unpaired) electrons. The van der Waals surface area contributed by atoms with Gasteiger partial charge in [0, 0.05) is 39.6 Å². The largest absolute Gasteiger partial charge is 0.490 e. The molecular weight excluding hydrogens is 501 g/mol. The Labute approximate surface area is 216 Å². The molecule has 1 unspecified atom stereocenters. The fraction of sp³-hybridized carbons (Fsp3) is 0.185. The Morgan fingerprint density at radius 3 is 2.54 bits per heavy atom. The van der Waals surface area contributed by atoms with Crippen molar-refractivity contribution in [3.8, 4) is 5.75 Å². The van der Waals surface area contributed by atoms with Crippen molar-refractivity contribution < 1.29 is 8.95 Å². The highest BCUT2D eigenvalue weighted by Crippen LogP contribution is 2.31. The fourth-order valence-corrected chi connectivity index (χ4v) is 5.35. The summed E-state index contributed by atoms with van der Waals surface area (Å²) < 4.78 is 21.8. The maximum Gasteiger partial charge on any atom is 0.145 e. The Balaban J connectivity index is 1.42. The van der Waals surface area contributed by atoms with Gasteiger partial charge in [0.2, 0.25) is 0 Å². The van der Waals surface area contributed by atoms with Crippen LogP contribution in [0.3, 0.4) is 0 Å². The summed E-state index contributed by atoms with van der Waals surface area (Å²) in [5.74, 6) is 4.91. The van der Waals surface area contributed by atoms with Crippen LogP contribution in [0.15, 0.2) is 72.8 Å². The van der Waals surface area contributed by atoms with Crippen LogP contribution < -0.4 is 14.8 Å². The molecule has 3 aromatic carbocycles. The number of fused-ring (bicyclic) bond motifs is 1. The van der Waals surface area contributed by atoms with Crippen LogP contribution in [0.25, 0.3) is 10.9 Å². The zero-order valence-electron chi connectivity index (χ0n) is 19.4. The van der Waals surface area contributed by atoms with E-state index in [1.54, 1.807) is 6.07 Å². The Kier molecular flexibility index (Phi) is 8.19. The van der Waals surface area contributed by atoms with Crippen molar-refractivity contribution in [3.63, 3.8) is 0 Å². The first kappa shape index (κ1) is 25.3. The van der Waals surface area contributed by atoms with Gasteiger partial charge in [-0.05, 0) is 48.2 Å². The van der Waals surface area contributed by atoms with E-state index in [4.69, 9.17) is 32.9 Å². The molecule has 0 fully saturated rings. The van der Waals surface area contributed by atoms with E-state index >= 15 is 0 Å². The predicted molar refractivity (Wildman–Crippen MR) is 149 cm³/mol. The molecule has 0 saturated carbocycles. The SMILES string of the molecule is C=S(=O)(Cc1ccccc1)NCCOc1cccc2c(NCc3ccc(Cl)c(Cl)c3)cc(C)nc12. The molecule has 0 aliphatic carbocycles. The van der Waals surface area contributed by atoms with Crippen LogP contribution in [-0.2, 0) is 22.0 Å². The fourth-order valence-electron chi connectivity index (χ4n) is 3.74. The summed E-state index contributed by atoms with van der Waals surface area (Å²) >= 11 is 12.2. The first-order chi connectivity index (χ1) is 16.8. The van der Waals surface area contributed by atoms with Gasteiger partial charge in [0.15, 0.2) is 0 Å². The summed E-state index contributed by atoms with van der Waals surface area (Å²) in [7, 11) is -2.46. The molecule has 182 valence electrons. The first-order valence-electron chi connectivity index (χ1n) is 11.2. The summed E-state index contributed by atoms with van der Waals surface area (Å²) in [5, 5.41) is 5.49. The maximum absolute atomic E-state index is 12.8. The standard InChI is InChI=1S/C27H27Cl2N3O2S/c1-19-15-25(30-17-21-11-12-23(28)24(29)16-21)22-9-6-10-26(27(22)32-19)34-14-13-31-35(2,33)18-20-7-4-3-5-8-20/h3-12,15-16H,2,13-14,17-18H2,1H3,(H,30,32)(H,31,33). The molecular formula is C27H27Cl2N3O2S. The second kappa shape index (κ2) is 11.3. The lowest BCUT2D eigenvalue weighted by Crippen LogP contribution is -2.29. The Hall–Kier alpha value is -2.77. The molecule has 0 aliphatic heterocycles. The minimum absolute atomic E-state index is 0.335. The summed E-state index contributed by atoms with van der Waals surface area (Å²) in [6.45, 7) is 3.27. The van der Waals surface area contributed by atoms with Gasteiger partial charge in [-0.2, -0.15) is 0 Å². The van der Waals surface area contributed by atoms with Crippen LogP contribution in [0.5, 0.6) is 5.75 Å². The highest BCUT2D eigenvalue weighted by atomic mass is 35.5. The number of hydrogen-bond acceptors (Lipinski definition) is 4. The molecule has 4 rings (SSSR count). The first-order valence-corrected chi connectivity index (χ1v) is 13.8. The van der Waals surface area contributed by atoms with Crippen LogP contribution in [0.1, 0.15) is 16.8 Å². The average molecular weight is 529 g/mol. The highest BCUT2D eigenvalue weighted by Gasteiger charge is 2.11. The number of benzene rings is 3. The van der Waals surface area contributed by atoms with E-state index in [0.29, 0.717) is 41.2 Å². The van der Waals surface area contributed by atoms with E-state index in [2.05, 4.69) is 15.9 Å². The van der Waals surface area contributed by atoms with Gasteiger partial charge < -0.3 is 10.1 Å². The van der Waals surface area contributed by atoms with Crippen molar-refractivity contribution in [2.24, 2.45) is 0 Å². The number of anilines is 1. The zero-order chi connectivity index (χ0) is 24.8. The van der Waals surface area contributed by atoms with E-state index in [9.17, 15) is 4.21 Å². The number of para-hydroxylation sites is 1. The van der Waals surface area contributed by atoms with Crippen molar-refractivity contribution in [1.29, 1.82) is 0 Å². The number of nitrogens with zero attached hydrogens (tertiary/aromatic N) is 1. The predicted octanol–water partition coefficient (Wildman–Crippen LogP) is 6.26. The van der Waals surface area contributed by atoms with E-state index in [1.807, 2.05) is 73.7 Å². The monoisotopic (exact) mass is 527 g/mol. The number of aromatic nitrogens is 1. The zero-order valence-corrected chi connectivity index (χ0v) is 21.7. The molecule has 1 aromatic heterocycles. The van der Waals surface area contributed by atoms with Crippen molar-refractivity contribution in [1.82, 2.24) is 9.71 Å². The lowest BCUT2D eigenvalue weighted by molar-refractivity contribution is 0.327. The minimum Gasteiger partial charge on any atom is -0.490 e. The number of pyridine rings is 1. The summed E-state index contributed by atoms with van der Waals surface area (Å²) in [6, 6.07) is 23.1. The van der Waals surface area contributed by atoms with Crippen LogP contribution >= 0.6 is 23.2 Å². The topological polar surface area (TPSA) is 63.2 Å². The van der Waals surface area contributed by atoms with E-state index in [1.165, 1.54) is 0 Å². The molecule has 0 saturated heterocycles. The summed E-state index contributed by atoms with van der Waals surface area (Å²) in [5.41, 5.74) is 4.59. The van der Waals surface area contributed by atoms with Crippen LogP contribution in [0.2, 0.25) is 10.0 Å². The van der Waals surface area contributed by atoms with Gasteiger partial charge in [0.1, 0.15) is 17.9 Å². The second-order valence-corrected chi connectivity index (χ2v) is 11.3. The molecule has 0 amide bonds. The molecule has 5 nitrogen and oxygen atoms in total. The number of halogens is 2. The number of ether oxygens (including phenoxy) is 1. The van der Waals surface area contributed by atoms with Crippen molar-refractivity contribution in [2.75, 3.05) is 18.5 Å². The normalized spacial score (nSPS) is 12.9. The smallest absolute Gasteiger partial charge is 0.145 e. The second-order valence-electron chi connectivity index (χ2n) is 8.25. The molecule has 0 spiro atoms. The van der Waals surface area contributed by atoms with Crippen LogP contribution in [-0.4, -0.2) is 28.2 Å². The van der Waals surface area contributed by atoms with Gasteiger partial charge >= 0.3 is 0 Å². The summed E-state index contributed by atoms with van der Waals surface area (Å²) in [4.78, 5) is 4.71. The van der Waals surface area contributed by atoms with Gasteiger partial charge in [0.05, 0.1) is 15.8 Å². The van der Waals surface area contributed by atoms with E-state index in [-0.39, 0.29) is 0 Å². The average Bonchev–Trinajstić information content (AvgIpc) is 2.83. The van der Waals surface area contributed by atoms with Crippen molar-refractivity contribution in [3.05, 3.63) is 99.7 Å². The van der Waals surface area contributed by atoms with Gasteiger partial charge in [-0.25, -0.2) is 9.71 Å². The van der Waals surface area contributed by atoms with Gasteiger partial charge in [0.25, 0.3) is 0 Å². The van der Waals surface area contributed by atoms with Gasteiger partial charge in [-0.3, -0.25) is 4.21 Å². The maximum atomic E-state index is 12.8. The lowest BCUT2D eigenvalue weighted by atomic mass is 10.1. The number of nitrogens with one attached hydrogen (secondary N) is 2. The molecule has 1 heterocycles. The van der Waals surface area contributed by atoms with Crippen LogP contribution in [0.4, 0.5) is 5.69 Å². The third-order valence-corrected chi connectivity index (χ3v) is 7.63. The Bertz CT molecular complexity index is 1430. The third kappa shape index (κ3) is 6.89. The van der Waals surface area contributed by atoms with Crippen molar-refractivity contribution in [2.45, 2.75) is 19.2 Å².